The van der Waals surface area contributed by atoms with E-state index in [-0.39, 0.29) is 5.52 Å². The van der Waals surface area contributed by atoms with Crippen LogP contribution in [-0.2, 0) is 11.8 Å². The zero-order chi connectivity index (χ0) is 17.4. The van der Waals surface area contributed by atoms with E-state index in [2.05, 4.69) is 9.83 Å². The maximum atomic E-state index is 13.1. The lowest BCUT2D eigenvalue weighted by atomic mass is 9.99. The molecule has 3 nitrogen and oxygen atoms in total. The Morgan fingerprint density at radius 2 is 2.00 bits per heavy atom. The Kier molecular flexibility index (Phi) is 4.69. The molecule has 0 spiro atoms. The van der Waals surface area contributed by atoms with Crippen molar-refractivity contribution in [1.29, 1.82) is 0 Å². The Balaban J connectivity index is 2.65. The maximum absolute atomic E-state index is 13.1. The van der Waals surface area contributed by atoms with Crippen molar-refractivity contribution in [1.82, 2.24) is 4.98 Å². The molecule has 23 heavy (non-hydrogen) atoms. The predicted molar refractivity (Wildman–Crippen MR) is 86.9 cm³/mol. The monoisotopic (exact) mass is 342 g/mol. The fourth-order valence-corrected chi connectivity index (χ4v) is 3.34. The van der Waals surface area contributed by atoms with E-state index in [0.717, 1.165) is 11.8 Å². The topological polar surface area (TPSA) is 40.4 Å². The lowest BCUT2D eigenvalue weighted by molar-refractivity contribution is -0.136. The summed E-state index contributed by atoms with van der Waals surface area (Å²) in [6, 6.07) is 2.19. The van der Waals surface area contributed by atoms with Gasteiger partial charge in [0.05, 0.1) is 17.8 Å². The van der Waals surface area contributed by atoms with Crippen LogP contribution in [0.25, 0.3) is 15.7 Å². The summed E-state index contributed by atoms with van der Waals surface area (Å²) in [4.78, 5) is 5.91. The first kappa shape index (κ1) is 17.7. The first-order chi connectivity index (χ1) is 10.6. The van der Waals surface area contributed by atoms with Gasteiger partial charge in [-0.05, 0) is 42.7 Å². The van der Waals surface area contributed by atoms with E-state index in [9.17, 15) is 18.3 Å². The van der Waals surface area contributed by atoms with Gasteiger partial charge in [-0.15, -0.1) is 0 Å². The molecule has 1 unspecified atom stereocenters. The summed E-state index contributed by atoms with van der Waals surface area (Å²) in [6.07, 6.45) is -4.59. The Morgan fingerprint density at radius 3 is 2.52 bits per heavy atom. The molecule has 1 atom stereocenters. The van der Waals surface area contributed by atoms with Crippen molar-refractivity contribution >= 4 is 28.4 Å². The van der Waals surface area contributed by atoms with Gasteiger partial charge in [0.15, 0.2) is 5.69 Å². The molecule has 0 saturated heterocycles. The molecule has 0 aliphatic heterocycles. The summed E-state index contributed by atoms with van der Waals surface area (Å²) < 4.78 is 39.2. The molecule has 0 aliphatic rings. The van der Waals surface area contributed by atoms with Crippen LogP contribution in [-0.4, -0.2) is 21.6 Å². The second-order valence-electron chi connectivity index (χ2n) is 5.56. The number of aromatic nitrogens is 1. The molecule has 0 fully saturated rings. The molecule has 0 saturated carbocycles. The van der Waals surface area contributed by atoms with Crippen molar-refractivity contribution in [2.45, 2.75) is 32.5 Å². The van der Waals surface area contributed by atoms with Crippen molar-refractivity contribution in [2.24, 2.45) is 0 Å². The number of hydrogen-bond acceptors (Lipinski definition) is 2. The van der Waals surface area contributed by atoms with E-state index < -0.39 is 23.0 Å². The number of hydrogen-bond donors (Lipinski definition) is 2. The number of rotatable bonds is 4. The number of benzene rings is 1. The predicted octanol–water partition coefficient (Wildman–Crippen LogP) is 5.01. The summed E-state index contributed by atoms with van der Waals surface area (Å²) >= 11 is 1.55. The summed E-state index contributed by atoms with van der Waals surface area (Å²) in [6.45, 7) is 12.3. The highest BCUT2D eigenvalue weighted by Crippen LogP contribution is 2.41. The third-order valence-electron chi connectivity index (χ3n) is 3.73. The molecule has 124 valence electrons. The number of nitrogens with one attached hydrogen (secondary N) is 1. The largest absolute Gasteiger partial charge is 0.407 e. The lowest BCUT2D eigenvalue weighted by Gasteiger charge is -2.22. The average molecular weight is 342 g/mol. The SMILES string of the molecule is [C-]#[N+]c1cc2c(C)c(C(C)(O)CSCC)[nH]c2cc1C(F)(F)F. The van der Waals surface area contributed by atoms with Crippen LogP contribution in [0.15, 0.2) is 12.1 Å². The minimum atomic E-state index is -4.59. The highest BCUT2D eigenvalue weighted by molar-refractivity contribution is 7.99. The van der Waals surface area contributed by atoms with Crippen LogP contribution in [0.1, 0.15) is 30.7 Å². The standard InChI is InChI=1S/C16H17F3N2OS/c1-5-23-8-15(3,22)14-9(2)10-6-13(20-4)11(16(17,18)19)7-12(10)21-14/h6-7,21-22H,5,8H2,1-3H3. The van der Waals surface area contributed by atoms with Gasteiger partial charge in [0.25, 0.3) is 0 Å². The minimum absolute atomic E-state index is 0.277. The lowest BCUT2D eigenvalue weighted by Crippen LogP contribution is -2.26. The first-order valence-corrected chi connectivity index (χ1v) is 8.19. The first-order valence-electron chi connectivity index (χ1n) is 7.03. The molecule has 2 rings (SSSR count). The molecule has 0 radical (unpaired) electrons. The molecule has 1 aromatic heterocycles. The van der Waals surface area contributed by atoms with Crippen molar-refractivity contribution in [3.8, 4) is 0 Å². The molecule has 0 bridgehead atoms. The summed E-state index contributed by atoms with van der Waals surface area (Å²) in [5.41, 5.74) is -1.14. The number of H-pyrrole nitrogens is 1. The number of aromatic amines is 1. The van der Waals surface area contributed by atoms with Gasteiger partial charge in [-0.3, -0.25) is 0 Å². The van der Waals surface area contributed by atoms with Gasteiger partial charge in [0, 0.05) is 11.3 Å². The van der Waals surface area contributed by atoms with Gasteiger partial charge in [-0.1, -0.05) is 6.92 Å². The van der Waals surface area contributed by atoms with Crippen LogP contribution in [0.5, 0.6) is 0 Å². The van der Waals surface area contributed by atoms with Crippen LogP contribution >= 0.6 is 11.8 Å². The van der Waals surface area contributed by atoms with E-state index in [1.165, 1.54) is 6.07 Å². The normalized spacial score (nSPS) is 14.7. The van der Waals surface area contributed by atoms with Gasteiger partial charge < -0.3 is 10.1 Å². The molecular weight excluding hydrogens is 325 g/mol. The Morgan fingerprint density at radius 1 is 1.35 bits per heavy atom. The number of aryl methyl sites for hydroxylation is 1. The summed E-state index contributed by atoms with van der Waals surface area (Å²) in [5, 5.41) is 11.1. The molecule has 7 heteroatoms. The van der Waals surface area contributed by atoms with Crippen LogP contribution in [0, 0.1) is 13.5 Å². The van der Waals surface area contributed by atoms with Crippen molar-refractivity contribution in [3.63, 3.8) is 0 Å². The van der Waals surface area contributed by atoms with Crippen LogP contribution < -0.4 is 0 Å². The number of alkyl halides is 3. The summed E-state index contributed by atoms with van der Waals surface area (Å²) in [5.74, 6) is 1.26. The number of nitrogens with zero attached hydrogens (tertiary/aromatic N) is 1. The third-order valence-corrected chi connectivity index (χ3v) is 4.90. The highest BCUT2D eigenvalue weighted by Gasteiger charge is 2.35. The Bertz CT molecular complexity index is 772. The second kappa shape index (κ2) is 6.10. The fourth-order valence-electron chi connectivity index (χ4n) is 2.60. The van der Waals surface area contributed by atoms with E-state index in [0.29, 0.717) is 22.4 Å². The van der Waals surface area contributed by atoms with Crippen LogP contribution in [0.4, 0.5) is 18.9 Å². The number of halogens is 3. The molecule has 1 aromatic carbocycles. The molecule has 0 amide bonds. The quantitative estimate of drug-likeness (QED) is 0.767. The van der Waals surface area contributed by atoms with Gasteiger partial charge in [0.2, 0.25) is 0 Å². The van der Waals surface area contributed by atoms with Crippen molar-refractivity contribution < 1.29 is 18.3 Å². The van der Waals surface area contributed by atoms with Gasteiger partial charge >= 0.3 is 6.18 Å². The third kappa shape index (κ3) is 3.33. The molecule has 2 aromatic rings. The summed E-state index contributed by atoms with van der Waals surface area (Å²) in [7, 11) is 0. The van der Waals surface area contributed by atoms with Crippen LogP contribution in [0.2, 0.25) is 0 Å². The number of aliphatic hydroxyl groups is 1. The molecular formula is C16H17F3N2OS. The zero-order valence-corrected chi connectivity index (χ0v) is 13.8. The van der Waals surface area contributed by atoms with Gasteiger partial charge in [0.1, 0.15) is 5.60 Å². The Labute approximate surface area is 136 Å². The molecule has 1 heterocycles. The van der Waals surface area contributed by atoms with E-state index in [4.69, 9.17) is 6.57 Å². The van der Waals surface area contributed by atoms with Gasteiger partial charge in [-0.25, -0.2) is 4.85 Å². The van der Waals surface area contributed by atoms with Crippen LogP contribution in [0.3, 0.4) is 0 Å². The molecule has 2 N–H and O–H groups in total. The zero-order valence-electron chi connectivity index (χ0n) is 13.0. The van der Waals surface area contributed by atoms with E-state index in [1.54, 1.807) is 25.6 Å². The minimum Gasteiger partial charge on any atom is -0.383 e. The maximum Gasteiger partial charge on any atom is 0.407 e. The second-order valence-corrected chi connectivity index (χ2v) is 6.83. The number of fused-ring (bicyclic) bond motifs is 1. The highest BCUT2D eigenvalue weighted by atomic mass is 32.2. The van der Waals surface area contributed by atoms with E-state index in [1.807, 2.05) is 6.92 Å². The average Bonchev–Trinajstić information content (AvgIpc) is 2.80. The van der Waals surface area contributed by atoms with Crippen molar-refractivity contribution in [3.05, 3.63) is 40.4 Å². The van der Waals surface area contributed by atoms with Crippen molar-refractivity contribution in [2.75, 3.05) is 11.5 Å². The Hall–Kier alpha value is -1.65. The molecule has 0 aliphatic carbocycles. The van der Waals surface area contributed by atoms with Gasteiger partial charge in [-0.2, -0.15) is 24.9 Å². The smallest absolute Gasteiger partial charge is 0.383 e. The fraction of sp³-hybridized carbons (Fsp3) is 0.438. The van der Waals surface area contributed by atoms with E-state index >= 15 is 0 Å². The number of thioether (sulfide) groups is 1.